The highest BCUT2D eigenvalue weighted by atomic mass is 16.5. The lowest BCUT2D eigenvalue weighted by Gasteiger charge is -2.29. The molecule has 1 N–H and O–H groups in total. The number of carbonyl (C=O) groups excluding carboxylic acids is 1. The van der Waals surface area contributed by atoms with Gasteiger partial charge in [-0.25, -0.2) is 4.98 Å². The van der Waals surface area contributed by atoms with E-state index in [0.717, 1.165) is 43.9 Å². The van der Waals surface area contributed by atoms with Gasteiger partial charge in [-0.15, -0.1) is 15.0 Å². The molecule has 1 aliphatic heterocycles. The Morgan fingerprint density at radius 3 is 2.54 bits per heavy atom. The van der Waals surface area contributed by atoms with Gasteiger partial charge < -0.3 is 23.8 Å². The van der Waals surface area contributed by atoms with Crippen molar-refractivity contribution in [3.63, 3.8) is 0 Å². The minimum atomic E-state index is -0.632. The molecule has 52 heavy (non-hydrogen) atoms. The highest BCUT2D eigenvalue weighted by Gasteiger charge is 2.21. The van der Waals surface area contributed by atoms with Gasteiger partial charge in [-0.05, 0) is 77.2 Å². The summed E-state index contributed by atoms with van der Waals surface area (Å²) in [7, 11) is 3.01. The van der Waals surface area contributed by atoms with E-state index in [1.807, 2.05) is 29.2 Å². The monoisotopic (exact) mass is 694 g/mol. The summed E-state index contributed by atoms with van der Waals surface area (Å²) in [4.78, 5) is 34.1. The lowest BCUT2D eigenvalue weighted by atomic mass is 9.98. The Morgan fingerprint density at radius 1 is 0.923 bits per heavy atom. The molecular weight excluding hydrogens is 660 g/mol. The molecule has 0 spiro atoms. The van der Waals surface area contributed by atoms with E-state index in [-0.39, 0.29) is 17.0 Å². The normalized spacial score (nSPS) is 12.8. The zero-order chi connectivity index (χ0) is 35.6. The van der Waals surface area contributed by atoms with Crippen LogP contribution < -0.4 is 20.2 Å². The van der Waals surface area contributed by atoms with Gasteiger partial charge in [0.25, 0.3) is 5.91 Å². The Kier molecular flexibility index (Phi) is 8.75. The molecule has 0 aliphatic carbocycles. The number of tetrazole rings is 1. The number of benzene rings is 4. The van der Waals surface area contributed by atoms with Gasteiger partial charge in [0.1, 0.15) is 5.58 Å². The summed E-state index contributed by atoms with van der Waals surface area (Å²) in [5.74, 6) is 0.241. The Bertz CT molecular complexity index is 2450. The maximum absolute atomic E-state index is 13.4. The van der Waals surface area contributed by atoms with Gasteiger partial charge >= 0.3 is 0 Å². The van der Waals surface area contributed by atoms with E-state index in [1.54, 1.807) is 42.6 Å². The summed E-state index contributed by atoms with van der Waals surface area (Å²) in [5, 5.41) is 16.4. The van der Waals surface area contributed by atoms with Crippen molar-refractivity contribution < 1.29 is 18.7 Å². The Morgan fingerprint density at radius 2 is 1.73 bits per heavy atom. The number of nitrogens with zero attached hydrogens (tertiary/aromatic N) is 7. The van der Waals surface area contributed by atoms with Crippen molar-refractivity contribution in [2.45, 2.75) is 19.4 Å². The van der Waals surface area contributed by atoms with E-state index < -0.39 is 5.91 Å². The highest BCUT2D eigenvalue weighted by Crippen LogP contribution is 2.38. The number of aromatic nitrogens is 6. The Labute approximate surface area is 298 Å². The van der Waals surface area contributed by atoms with Crippen LogP contribution in [0.1, 0.15) is 27.2 Å². The van der Waals surface area contributed by atoms with E-state index in [2.05, 4.69) is 60.9 Å². The fourth-order valence-electron chi connectivity index (χ4n) is 6.44. The molecule has 13 heteroatoms. The Balaban J connectivity index is 0.968. The molecule has 8 rings (SSSR count). The van der Waals surface area contributed by atoms with Crippen molar-refractivity contribution in [2.75, 3.05) is 32.6 Å². The molecule has 0 bridgehead atoms. The second kappa shape index (κ2) is 14.0. The first-order valence-electron chi connectivity index (χ1n) is 16.8. The third-order valence-corrected chi connectivity index (χ3v) is 9.25. The maximum atomic E-state index is 13.4. The maximum Gasteiger partial charge on any atom is 0.291 e. The van der Waals surface area contributed by atoms with Crippen LogP contribution in [-0.2, 0) is 19.4 Å². The van der Waals surface area contributed by atoms with E-state index >= 15 is 0 Å². The molecule has 7 aromatic rings. The van der Waals surface area contributed by atoms with Crippen molar-refractivity contribution >= 4 is 22.6 Å². The first-order valence-corrected chi connectivity index (χ1v) is 16.8. The highest BCUT2D eigenvalue weighted by molar-refractivity contribution is 6.05. The smallest absolute Gasteiger partial charge is 0.291 e. The van der Waals surface area contributed by atoms with E-state index in [9.17, 15) is 9.59 Å². The third kappa shape index (κ3) is 6.52. The fourth-order valence-corrected chi connectivity index (χ4v) is 6.44. The minimum absolute atomic E-state index is 0.147. The summed E-state index contributed by atoms with van der Waals surface area (Å²) in [6.07, 6.45) is 7.51. The number of carbonyl (C=O) groups is 1. The fraction of sp³-hybridized carbons (Fsp3) is 0.179. The number of nitrogens with one attached hydrogen (secondary N) is 1. The standard InChI is InChI=1S/C39H34N8O5/c1-50-35-20-31(32(21-36(35)51-2)41-39(49)37-22-33(48)30-5-3-4-6-34(30)52-37)38-42-44-47(43-38)28-10-7-25(8-11-28)13-16-45-17-14-26-19-29(12-9-27(26)23-45)46-18-15-40-24-46/h3-12,15,18-22,24H,13-14,16-17,23H2,1-2H3,(H,41,49). The van der Waals surface area contributed by atoms with Gasteiger partial charge in [0.15, 0.2) is 22.7 Å². The van der Waals surface area contributed by atoms with Crippen LogP contribution >= 0.6 is 0 Å². The topological polar surface area (TPSA) is 142 Å². The molecule has 0 fully saturated rings. The van der Waals surface area contributed by atoms with Crippen molar-refractivity contribution in [1.29, 1.82) is 0 Å². The van der Waals surface area contributed by atoms with Crippen LogP contribution in [0.2, 0.25) is 0 Å². The number of amides is 1. The summed E-state index contributed by atoms with van der Waals surface area (Å²) >= 11 is 0. The summed E-state index contributed by atoms with van der Waals surface area (Å²) in [6, 6.07) is 25.9. The van der Waals surface area contributed by atoms with Gasteiger partial charge in [-0.1, -0.05) is 30.3 Å². The number of hydrogen-bond acceptors (Lipinski definition) is 10. The Hall–Kier alpha value is -6.60. The molecule has 0 radical (unpaired) electrons. The van der Waals surface area contributed by atoms with Crippen LogP contribution in [0.4, 0.5) is 5.69 Å². The molecule has 1 aliphatic rings. The number of methoxy groups -OCH3 is 2. The molecule has 4 heterocycles. The van der Waals surface area contributed by atoms with Gasteiger partial charge in [-0.2, -0.15) is 0 Å². The quantitative estimate of drug-likeness (QED) is 0.195. The number of hydrogen-bond donors (Lipinski definition) is 1. The summed E-state index contributed by atoms with van der Waals surface area (Å²) in [5.41, 5.74) is 6.56. The predicted molar refractivity (Wildman–Crippen MR) is 194 cm³/mol. The van der Waals surface area contributed by atoms with Gasteiger partial charge in [-0.3, -0.25) is 14.5 Å². The molecule has 0 saturated carbocycles. The molecular formula is C39H34N8O5. The van der Waals surface area contributed by atoms with Crippen LogP contribution in [0.25, 0.3) is 33.7 Å². The number of ether oxygens (including phenoxy) is 2. The third-order valence-electron chi connectivity index (χ3n) is 9.25. The molecule has 0 atom stereocenters. The predicted octanol–water partition coefficient (Wildman–Crippen LogP) is 5.49. The largest absolute Gasteiger partial charge is 0.493 e. The van der Waals surface area contributed by atoms with Crippen molar-refractivity contribution in [1.82, 2.24) is 34.7 Å². The van der Waals surface area contributed by atoms with Crippen LogP contribution in [0, 0.1) is 0 Å². The number of imidazole rings is 1. The van der Waals surface area contributed by atoms with Crippen molar-refractivity contribution in [3.05, 3.63) is 136 Å². The molecule has 3 aromatic heterocycles. The molecule has 4 aromatic carbocycles. The lowest BCUT2D eigenvalue weighted by Crippen LogP contribution is -2.32. The van der Waals surface area contributed by atoms with Crippen molar-refractivity contribution in [2.24, 2.45) is 0 Å². The van der Waals surface area contributed by atoms with Crippen LogP contribution in [0.5, 0.6) is 11.5 Å². The number of rotatable bonds is 10. The SMILES string of the molecule is COc1cc(NC(=O)c2cc(=O)c3ccccc3o2)c(-c2nnn(-c3ccc(CCN4CCc5cc(-n6ccnc6)ccc5C4)cc3)n2)cc1OC. The summed E-state index contributed by atoms with van der Waals surface area (Å²) < 4.78 is 18.8. The first kappa shape index (κ1) is 32.6. The second-order valence-corrected chi connectivity index (χ2v) is 12.4. The zero-order valence-corrected chi connectivity index (χ0v) is 28.5. The first-order chi connectivity index (χ1) is 25.4. The van der Waals surface area contributed by atoms with Gasteiger partial charge in [0, 0.05) is 49.8 Å². The average molecular weight is 695 g/mol. The molecule has 0 unspecified atom stereocenters. The minimum Gasteiger partial charge on any atom is -0.493 e. The average Bonchev–Trinajstić information content (AvgIpc) is 3.91. The van der Waals surface area contributed by atoms with E-state index in [4.69, 9.17) is 13.9 Å². The zero-order valence-electron chi connectivity index (χ0n) is 28.5. The number of fused-ring (bicyclic) bond motifs is 2. The number of anilines is 1. The second-order valence-electron chi connectivity index (χ2n) is 12.4. The molecule has 1 amide bonds. The van der Waals surface area contributed by atoms with Crippen LogP contribution in [0.3, 0.4) is 0 Å². The lowest BCUT2D eigenvalue weighted by molar-refractivity contribution is 0.0997. The molecule has 260 valence electrons. The van der Waals surface area contributed by atoms with Crippen molar-refractivity contribution in [3.8, 4) is 34.3 Å². The molecule has 13 nitrogen and oxygen atoms in total. The number of para-hydroxylation sites is 1. The van der Waals surface area contributed by atoms with Gasteiger partial charge in [0.2, 0.25) is 5.82 Å². The molecule has 0 saturated heterocycles. The van der Waals surface area contributed by atoms with Gasteiger partial charge in [0.05, 0.1) is 42.9 Å². The van der Waals surface area contributed by atoms with Crippen LogP contribution in [0.15, 0.2) is 113 Å². The summed E-state index contributed by atoms with van der Waals surface area (Å²) in [6.45, 7) is 2.89. The van der Waals surface area contributed by atoms with E-state index in [1.165, 1.54) is 41.8 Å². The van der Waals surface area contributed by atoms with E-state index in [0.29, 0.717) is 33.7 Å². The van der Waals surface area contributed by atoms with Crippen LogP contribution in [-0.4, -0.2) is 67.9 Å².